The van der Waals surface area contributed by atoms with Crippen molar-refractivity contribution < 1.29 is 4.92 Å². The van der Waals surface area contributed by atoms with Crippen LogP contribution in [-0.4, -0.2) is 28.3 Å². The van der Waals surface area contributed by atoms with Crippen LogP contribution in [0, 0.1) is 16.0 Å². The first kappa shape index (κ1) is 12.6. The molecule has 4 rings (SSSR count). The predicted octanol–water partition coefficient (Wildman–Crippen LogP) is 3.14. The highest BCUT2D eigenvalue weighted by Crippen LogP contribution is 2.46. The van der Waals surface area contributed by atoms with Crippen LogP contribution in [0.4, 0.5) is 5.69 Å². The first-order valence-electron chi connectivity index (χ1n) is 6.38. The van der Waals surface area contributed by atoms with E-state index in [1.807, 2.05) is 6.07 Å². The van der Waals surface area contributed by atoms with Crippen molar-refractivity contribution in [3.05, 3.63) is 52.1 Å². The highest BCUT2D eigenvalue weighted by molar-refractivity contribution is 6.21. The summed E-state index contributed by atoms with van der Waals surface area (Å²) in [5.74, 6) is 0.330. The zero-order valence-corrected chi connectivity index (χ0v) is 11.2. The van der Waals surface area contributed by atoms with Crippen molar-refractivity contribution in [2.75, 3.05) is 13.1 Å². The number of nitro benzene ring substituents is 1. The zero-order valence-electron chi connectivity index (χ0n) is 10.5. The van der Waals surface area contributed by atoms with Gasteiger partial charge in [0.2, 0.25) is 0 Å². The number of alkyl halides is 1. The molecular weight excluding hydrogens is 264 g/mol. The summed E-state index contributed by atoms with van der Waals surface area (Å²) >= 11 is 6.57. The van der Waals surface area contributed by atoms with Gasteiger partial charge in [0, 0.05) is 24.6 Å². The van der Waals surface area contributed by atoms with E-state index >= 15 is 0 Å². The smallest absolute Gasteiger partial charge is 0.269 e. The summed E-state index contributed by atoms with van der Waals surface area (Å²) in [5, 5.41) is 10.8. The second-order valence-electron chi connectivity index (χ2n) is 5.27. The van der Waals surface area contributed by atoms with Gasteiger partial charge in [0.15, 0.2) is 0 Å². The van der Waals surface area contributed by atoms with E-state index in [4.69, 9.17) is 11.6 Å². The summed E-state index contributed by atoms with van der Waals surface area (Å²) in [6, 6.07) is 6.88. The number of nitro groups is 1. The Morgan fingerprint density at radius 3 is 2.89 bits per heavy atom. The fourth-order valence-electron chi connectivity index (χ4n) is 3.23. The highest BCUT2D eigenvalue weighted by atomic mass is 35.5. The minimum Gasteiger partial charge on any atom is -0.291 e. The summed E-state index contributed by atoms with van der Waals surface area (Å²) in [5.41, 5.74) is 2.25. The van der Waals surface area contributed by atoms with Crippen molar-refractivity contribution in [3.8, 4) is 0 Å². The summed E-state index contributed by atoms with van der Waals surface area (Å²) in [6.45, 7) is 5.92. The summed E-state index contributed by atoms with van der Waals surface area (Å²) < 4.78 is 0. The Kier molecular flexibility index (Phi) is 3.07. The van der Waals surface area contributed by atoms with Crippen molar-refractivity contribution in [1.29, 1.82) is 0 Å². The number of hydrogen-bond acceptors (Lipinski definition) is 3. The number of fused-ring (bicyclic) bond motifs is 3. The Morgan fingerprint density at radius 1 is 1.47 bits per heavy atom. The molecule has 3 saturated heterocycles. The van der Waals surface area contributed by atoms with Crippen LogP contribution < -0.4 is 0 Å². The molecule has 5 heteroatoms. The van der Waals surface area contributed by atoms with Gasteiger partial charge in [0.05, 0.1) is 16.3 Å². The molecule has 3 fully saturated rings. The van der Waals surface area contributed by atoms with Gasteiger partial charge in [-0.1, -0.05) is 24.3 Å². The van der Waals surface area contributed by atoms with Gasteiger partial charge in [-0.2, -0.15) is 0 Å². The molecule has 0 aromatic heterocycles. The van der Waals surface area contributed by atoms with Crippen LogP contribution in [0.25, 0.3) is 0 Å². The van der Waals surface area contributed by atoms with E-state index in [-0.39, 0.29) is 22.0 Å². The lowest BCUT2D eigenvalue weighted by atomic mass is 9.77. The third kappa shape index (κ3) is 2.05. The third-order valence-corrected chi connectivity index (χ3v) is 4.70. The van der Waals surface area contributed by atoms with Crippen molar-refractivity contribution >= 4 is 17.3 Å². The van der Waals surface area contributed by atoms with Crippen LogP contribution in [0.2, 0.25) is 0 Å². The lowest BCUT2D eigenvalue weighted by Crippen LogP contribution is -2.51. The molecule has 100 valence electrons. The van der Waals surface area contributed by atoms with Crippen LogP contribution in [0.15, 0.2) is 36.4 Å². The number of nitrogens with zero attached hydrogens (tertiary/aromatic N) is 2. The molecule has 0 amide bonds. The summed E-state index contributed by atoms with van der Waals surface area (Å²) in [7, 11) is 0. The molecule has 3 aliphatic rings. The van der Waals surface area contributed by atoms with E-state index in [1.54, 1.807) is 12.1 Å². The first-order chi connectivity index (χ1) is 9.08. The highest BCUT2D eigenvalue weighted by Gasteiger charge is 2.44. The molecule has 2 bridgehead atoms. The maximum atomic E-state index is 10.9. The van der Waals surface area contributed by atoms with Crippen LogP contribution in [0.1, 0.15) is 18.0 Å². The largest absolute Gasteiger partial charge is 0.291 e. The number of piperidine rings is 3. The van der Waals surface area contributed by atoms with E-state index in [9.17, 15) is 10.1 Å². The Bertz CT molecular complexity index is 544. The Morgan fingerprint density at radius 2 is 2.26 bits per heavy atom. The fraction of sp³-hybridized carbons (Fsp3) is 0.429. The average Bonchev–Trinajstić information content (AvgIpc) is 2.39. The monoisotopic (exact) mass is 278 g/mol. The van der Waals surface area contributed by atoms with Gasteiger partial charge in [-0.3, -0.25) is 15.0 Å². The second kappa shape index (κ2) is 4.62. The molecule has 0 spiro atoms. The Hall–Kier alpha value is -1.39. The topological polar surface area (TPSA) is 46.4 Å². The maximum absolute atomic E-state index is 10.9. The minimum atomic E-state index is -0.359. The summed E-state index contributed by atoms with van der Waals surface area (Å²) in [4.78, 5) is 12.8. The Labute approximate surface area is 116 Å². The molecule has 1 aromatic carbocycles. The molecule has 0 saturated carbocycles. The summed E-state index contributed by atoms with van der Waals surface area (Å²) in [6.07, 6.45) is 1.04. The minimum absolute atomic E-state index is 0.0444. The van der Waals surface area contributed by atoms with Crippen molar-refractivity contribution in [1.82, 2.24) is 4.90 Å². The number of non-ortho nitro benzene ring substituents is 1. The van der Waals surface area contributed by atoms with E-state index < -0.39 is 0 Å². The van der Waals surface area contributed by atoms with Gasteiger partial charge in [0.25, 0.3) is 5.69 Å². The van der Waals surface area contributed by atoms with Crippen molar-refractivity contribution in [2.45, 2.75) is 17.8 Å². The predicted molar refractivity (Wildman–Crippen MR) is 74.3 cm³/mol. The quantitative estimate of drug-likeness (QED) is 0.361. The number of rotatable bonds is 2. The molecule has 1 aromatic rings. The van der Waals surface area contributed by atoms with E-state index in [1.165, 1.54) is 11.6 Å². The third-order valence-electron chi connectivity index (χ3n) is 4.16. The molecule has 0 N–H and O–H groups in total. The molecule has 0 aliphatic carbocycles. The molecule has 3 aliphatic heterocycles. The molecular formula is C14H15ClN2O2. The van der Waals surface area contributed by atoms with Crippen LogP contribution >= 0.6 is 11.6 Å². The van der Waals surface area contributed by atoms with E-state index in [0.717, 1.165) is 25.1 Å². The molecule has 3 heterocycles. The molecule has 19 heavy (non-hydrogen) atoms. The number of halogens is 1. The lowest BCUT2D eigenvalue weighted by Gasteiger charge is -2.50. The number of benzene rings is 1. The standard InChI is InChI=1S/C14H15ClN2O2/c1-9-8-16-6-5-12(9)13(15)14(16)10-3-2-4-11(7-10)17(18)19/h2-4,7,12-14H,1,5-6,8H2. The number of hydrogen-bond donors (Lipinski definition) is 0. The maximum Gasteiger partial charge on any atom is 0.269 e. The van der Waals surface area contributed by atoms with E-state index in [0.29, 0.717) is 5.92 Å². The van der Waals surface area contributed by atoms with Crippen LogP contribution in [0.5, 0.6) is 0 Å². The molecule has 4 nitrogen and oxygen atoms in total. The second-order valence-corrected chi connectivity index (χ2v) is 5.77. The lowest BCUT2D eigenvalue weighted by molar-refractivity contribution is -0.385. The van der Waals surface area contributed by atoms with Gasteiger partial charge < -0.3 is 0 Å². The molecule has 4 atom stereocenters. The van der Waals surface area contributed by atoms with Gasteiger partial charge in [-0.05, 0) is 18.5 Å². The average molecular weight is 279 g/mol. The fourth-order valence-corrected chi connectivity index (χ4v) is 3.84. The van der Waals surface area contributed by atoms with Crippen LogP contribution in [0.3, 0.4) is 0 Å². The van der Waals surface area contributed by atoms with Crippen molar-refractivity contribution in [2.24, 2.45) is 5.92 Å². The molecule has 0 radical (unpaired) electrons. The zero-order chi connectivity index (χ0) is 13.6. The Balaban J connectivity index is 1.96. The SMILES string of the molecule is C=C1CN2CCC1C(Cl)C2c1cccc([N+](=O)[O-])c1. The van der Waals surface area contributed by atoms with Gasteiger partial charge in [-0.25, -0.2) is 0 Å². The molecule has 4 unspecified atom stereocenters. The first-order valence-corrected chi connectivity index (χ1v) is 6.81. The van der Waals surface area contributed by atoms with Gasteiger partial charge in [-0.15, -0.1) is 11.6 Å². The van der Waals surface area contributed by atoms with Crippen LogP contribution in [-0.2, 0) is 0 Å². The van der Waals surface area contributed by atoms with Gasteiger partial charge >= 0.3 is 0 Å². The van der Waals surface area contributed by atoms with Crippen molar-refractivity contribution in [3.63, 3.8) is 0 Å². The van der Waals surface area contributed by atoms with E-state index in [2.05, 4.69) is 11.5 Å². The normalized spacial score (nSPS) is 33.4. The van der Waals surface area contributed by atoms with Gasteiger partial charge in [0.1, 0.15) is 0 Å².